The van der Waals surface area contributed by atoms with E-state index in [1.807, 2.05) is 0 Å². The van der Waals surface area contributed by atoms with Crippen LogP contribution in [0.2, 0.25) is 0 Å². The van der Waals surface area contributed by atoms with Gasteiger partial charge in [0, 0.05) is 20.1 Å². The minimum atomic E-state index is -0.485. The van der Waals surface area contributed by atoms with Gasteiger partial charge in [0.05, 0.1) is 12.7 Å². The van der Waals surface area contributed by atoms with Crippen molar-refractivity contribution in [1.82, 2.24) is 10.6 Å². The van der Waals surface area contributed by atoms with Crippen molar-refractivity contribution in [1.29, 1.82) is 0 Å². The predicted molar refractivity (Wildman–Crippen MR) is 56.5 cm³/mol. The van der Waals surface area contributed by atoms with Crippen LogP contribution < -0.4 is 10.6 Å². The molecule has 0 saturated carbocycles. The molecule has 0 spiro atoms. The Morgan fingerprint density at radius 3 is 2.93 bits per heavy atom. The van der Waals surface area contributed by atoms with Crippen LogP contribution in [-0.2, 0) is 9.53 Å². The minimum Gasteiger partial charge on any atom is -0.391 e. The highest BCUT2D eigenvalue weighted by molar-refractivity contribution is 5.76. The van der Waals surface area contributed by atoms with Crippen molar-refractivity contribution in [3.05, 3.63) is 0 Å². The van der Waals surface area contributed by atoms with Crippen LogP contribution in [-0.4, -0.2) is 50.5 Å². The quantitative estimate of drug-likeness (QED) is 0.516. The summed E-state index contributed by atoms with van der Waals surface area (Å²) < 4.78 is 4.78. The lowest BCUT2D eigenvalue weighted by molar-refractivity contribution is -0.122. The first-order chi connectivity index (χ1) is 7.22. The van der Waals surface area contributed by atoms with Crippen LogP contribution in [0.25, 0.3) is 0 Å². The number of methoxy groups -OCH3 is 1. The number of aliphatic hydroxyl groups is 1. The van der Waals surface area contributed by atoms with E-state index in [4.69, 9.17) is 4.74 Å². The summed E-state index contributed by atoms with van der Waals surface area (Å²) in [6.45, 7) is 2.73. The van der Waals surface area contributed by atoms with E-state index in [1.54, 1.807) is 7.11 Å². The predicted octanol–water partition coefficient (Wildman–Crippen LogP) is -0.890. The molecular formula is C10H20N2O3. The monoisotopic (exact) mass is 216 g/mol. The summed E-state index contributed by atoms with van der Waals surface area (Å²) in [5, 5.41) is 15.2. The summed E-state index contributed by atoms with van der Waals surface area (Å²) in [6, 6.07) is 0. The van der Waals surface area contributed by atoms with E-state index in [-0.39, 0.29) is 5.91 Å². The van der Waals surface area contributed by atoms with Gasteiger partial charge in [-0.1, -0.05) is 0 Å². The van der Waals surface area contributed by atoms with Crippen molar-refractivity contribution in [3.8, 4) is 0 Å². The van der Waals surface area contributed by atoms with Crippen LogP contribution in [0.15, 0.2) is 0 Å². The topological polar surface area (TPSA) is 70.6 Å². The smallest absolute Gasteiger partial charge is 0.220 e. The van der Waals surface area contributed by atoms with Crippen molar-refractivity contribution < 1.29 is 14.6 Å². The molecule has 0 aromatic carbocycles. The lowest BCUT2D eigenvalue weighted by atomic mass is 9.99. The number of carbonyl (C=O) groups is 1. The molecule has 1 atom stereocenters. The fraction of sp³-hybridized carbons (Fsp3) is 0.900. The molecule has 0 aliphatic carbocycles. The van der Waals surface area contributed by atoms with Crippen molar-refractivity contribution in [2.45, 2.75) is 18.9 Å². The molecule has 3 N–H and O–H groups in total. The molecule has 5 heteroatoms. The van der Waals surface area contributed by atoms with Gasteiger partial charge in [0.15, 0.2) is 0 Å². The molecule has 0 aromatic heterocycles. The van der Waals surface area contributed by atoms with Crippen molar-refractivity contribution in [2.75, 3.05) is 33.4 Å². The summed E-state index contributed by atoms with van der Waals surface area (Å²) in [5.74, 6) is 0.569. The van der Waals surface area contributed by atoms with Gasteiger partial charge in [0.25, 0.3) is 0 Å². The molecule has 15 heavy (non-hydrogen) atoms. The van der Waals surface area contributed by atoms with Crippen LogP contribution in [0.4, 0.5) is 0 Å². The number of hydrogen-bond acceptors (Lipinski definition) is 4. The van der Waals surface area contributed by atoms with Gasteiger partial charge >= 0.3 is 0 Å². The minimum absolute atomic E-state index is 0.0751. The van der Waals surface area contributed by atoms with Gasteiger partial charge in [-0.15, -0.1) is 0 Å². The first-order valence-electron chi connectivity index (χ1n) is 5.36. The molecule has 0 bridgehead atoms. The van der Waals surface area contributed by atoms with E-state index in [9.17, 15) is 9.90 Å². The van der Waals surface area contributed by atoms with Crippen molar-refractivity contribution in [3.63, 3.8) is 0 Å². The molecule has 1 rings (SSSR count). The highest BCUT2D eigenvalue weighted by Gasteiger charge is 2.19. The maximum atomic E-state index is 11.3. The van der Waals surface area contributed by atoms with E-state index in [0.717, 1.165) is 13.1 Å². The Morgan fingerprint density at radius 2 is 2.40 bits per heavy atom. The first kappa shape index (κ1) is 12.4. The van der Waals surface area contributed by atoms with E-state index in [0.29, 0.717) is 31.9 Å². The Bertz CT molecular complexity index is 195. The molecule has 1 aliphatic rings. The van der Waals surface area contributed by atoms with E-state index in [1.165, 1.54) is 0 Å². The van der Waals surface area contributed by atoms with Crippen molar-refractivity contribution in [2.24, 2.45) is 5.92 Å². The molecule has 0 radical (unpaired) electrons. The molecule has 1 saturated heterocycles. The lowest BCUT2D eigenvalue weighted by Crippen LogP contribution is -2.44. The second kappa shape index (κ2) is 6.76. The van der Waals surface area contributed by atoms with Crippen LogP contribution >= 0.6 is 0 Å². The van der Waals surface area contributed by atoms with Gasteiger partial charge in [-0.3, -0.25) is 4.79 Å². The molecule has 1 fully saturated rings. The van der Waals surface area contributed by atoms with E-state index < -0.39 is 6.10 Å². The van der Waals surface area contributed by atoms with E-state index in [2.05, 4.69) is 10.6 Å². The largest absolute Gasteiger partial charge is 0.391 e. The summed E-state index contributed by atoms with van der Waals surface area (Å²) in [6.07, 6.45) is 0.649. The maximum Gasteiger partial charge on any atom is 0.220 e. The average molecular weight is 216 g/mol. The average Bonchev–Trinajstić information content (AvgIpc) is 2.12. The second-order valence-electron chi connectivity index (χ2n) is 3.98. The van der Waals surface area contributed by atoms with Gasteiger partial charge < -0.3 is 20.5 Å². The molecule has 5 nitrogen and oxygen atoms in total. The van der Waals surface area contributed by atoms with Crippen LogP contribution in [0.1, 0.15) is 12.8 Å². The highest BCUT2D eigenvalue weighted by atomic mass is 16.5. The summed E-state index contributed by atoms with van der Waals surface area (Å²) in [5.41, 5.74) is 0. The summed E-state index contributed by atoms with van der Waals surface area (Å²) in [7, 11) is 1.55. The molecule has 1 heterocycles. The summed E-state index contributed by atoms with van der Waals surface area (Å²) in [4.78, 5) is 11.3. The van der Waals surface area contributed by atoms with Crippen LogP contribution in [0.3, 0.4) is 0 Å². The van der Waals surface area contributed by atoms with Gasteiger partial charge in [-0.05, 0) is 25.4 Å². The molecule has 1 amide bonds. The Labute approximate surface area is 90.2 Å². The fourth-order valence-electron chi connectivity index (χ4n) is 1.48. The summed E-state index contributed by atoms with van der Waals surface area (Å²) >= 11 is 0. The third-order valence-electron chi connectivity index (χ3n) is 2.50. The second-order valence-corrected chi connectivity index (χ2v) is 3.98. The van der Waals surface area contributed by atoms with Crippen LogP contribution in [0, 0.1) is 5.92 Å². The highest BCUT2D eigenvalue weighted by Crippen LogP contribution is 2.07. The van der Waals surface area contributed by atoms with E-state index >= 15 is 0 Å². The number of nitrogens with one attached hydrogen (secondary N) is 2. The van der Waals surface area contributed by atoms with Crippen LogP contribution in [0.5, 0.6) is 0 Å². The van der Waals surface area contributed by atoms with Gasteiger partial charge in [-0.2, -0.15) is 0 Å². The number of carbonyl (C=O) groups excluding carboxylic acids is 1. The molecule has 88 valence electrons. The number of hydrogen-bond donors (Lipinski definition) is 3. The number of ether oxygens (including phenoxy) is 1. The molecule has 1 aliphatic heterocycles. The van der Waals surface area contributed by atoms with Gasteiger partial charge in [-0.25, -0.2) is 0 Å². The van der Waals surface area contributed by atoms with Crippen molar-refractivity contribution >= 4 is 5.91 Å². The Kier molecular flexibility index (Phi) is 5.60. The molecule has 1 unspecified atom stereocenters. The fourth-order valence-corrected chi connectivity index (χ4v) is 1.48. The lowest BCUT2D eigenvalue weighted by Gasteiger charge is -2.26. The Balaban J connectivity index is 1.96. The van der Waals surface area contributed by atoms with Gasteiger partial charge in [0.1, 0.15) is 0 Å². The molecule has 0 aromatic rings. The normalized spacial score (nSPS) is 18.3. The first-order valence-corrected chi connectivity index (χ1v) is 5.36. The zero-order chi connectivity index (χ0) is 11.1. The van der Waals surface area contributed by atoms with Gasteiger partial charge in [0.2, 0.25) is 5.91 Å². The molecular weight excluding hydrogens is 196 g/mol. The third-order valence-corrected chi connectivity index (χ3v) is 2.50. The number of amides is 1. The third kappa shape index (κ3) is 5.11. The number of aliphatic hydroxyl groups excluding tert-OH is 1. The Morgan fingerprint density at radius 1 is 1.67 bits per heavy atom. The zero-order valence-corrected chi connectivity index (χ0v) is 9.16. The zero-order valence-electron chi connectivity index (χ0n) is 9.16. The Hall–Kier alpha value is -0.650. The number of rotatable bonds is 7. The SMILES string of the molecule is COCC(O)CCNC(=O)CC1CNC1. The maximum absolute atomic E-state index is 11.3. The standard InChI is InChI=1S/C10H20N2O3/c1-15-7-9(13)2-3-12-10(14)4-8-5-11-6-8/h8-9,11,13H,2-7H2,1H3,(H,12,14).